The third-order valence-electron chi connectivity index (χ3n) is 10.3. The van der Waals surface area contributed by atoms with Gasteiger partial charge in [-0.3, -0.25) is 19.4 Å². The molecule has 2 saturated heterocycles. The number of amides is 2. The molecule has 10 nitrogen and oxygen atoms in total. The molecule has 3 heterocycles. The predicted octanol–water partition coefficient (Wildman–Crippen LogP) is 8.06. The molecule has 306 valence electrons. The first kappa shape index (κ1) is 43.9. The lowest BCUT2D eigenvalue weighted by Crippen LogP contribution is -2.55. The largest absolute Gasteiger partial charge is 0.508 e. The summed E-state index contributed by atoms with van der Waals surface area (Å²) in [5, 5.41) is 27.3. The van der Waals surface area contributed by atoms with Gasteiger partial charge in [0.2, 0.25) is 5.91 Å². The quantitative estimate of drug-likeness (QED) is 0.161. The second-order valence-corrected chi connectivity index (χ2v) is 14.0. The lowest BCUT2D eigenvalue weighted by Gasteiger charge is -2.45. The monoisotopic (exact) mass is 795 g/mol. The van der Waals surface area contributed by atoms with Gasteiger partial charge in [-0.25, -0.2) is 0 Å². The van der Waals surface area contributed by atoms with Gasteiger partial charge in [-0.15, -0.1) is 0 Å². The number of carbonyl (C=O) groups is 3. The summed E-state index contributed by atoms with van der Waals surface area (Å²) in [4.78, 5) is 42.7. The van der Waals surface area contributed by atoms with Gasteiger partial charge < -0.3 is 29.9 Å². The Morgan fingerprint density at radius 1 is 0.893 bits per heavy atom. The zero-order chi connectivity index (χ0) is 41.1. The number of phenols is 1. The Balaban J connectivity index is 0.000000421. The van der Waals surface area contributed by atoms with E-state index >= 15 is 0 Å². The van der Waals surface area contributed by atoms with Crippen molar-refractivity contribution in [3.8, 4) is 11.5 Å². The van der Waals surface area contributed by atoms with Crippen LogP contribution < -0.4 is 4.74 Å². The van der Waals surface area contributed by atoms with Gasteiger partial charge in [0.15, 0.2) is 0 Å². The Morgan fingerprint density at radius 3 is 2.11 bits per heavy atom. The Kier molecular flexibility index (Phi) is 15.1. The fourth-order valence-corrected chi connectivity index (χ4v) is 7.58. The van der Waals surface area contributed by atoms with Gasteiger partial charge >= 0.3 is 12.4 Å². The summed E-state index contributed by atoms with van der Waals surface area (Å²) < 4.78 is 82.8. The molecule has 6 rings (SSSR count). The van der Waals surface area contributed by atoms with Gasteiger partial charge in [0, 0.05) is 37.4 Å². The molecule has 3 aliphatic rings. The summed E-state index contributed by atoms with van der Waals surface area (Å²) in [6.45, 7) is 2.65. The van der Waals surface area contributed by atoms with Crippen molar-refractivity contribution in [2.24, 2.45) is 5.92 Å². The number of ether oxygens (including phenoxy) is 1. The van der Waals surface area contributed by atoms with Crippen LogP contribution in [0.4, 0.5) is 26.3 Å². The van der Waals surface area contributed by atoms with E-state index in [0.717, 1.165) is 61.6 Å². The van der Waals surface area contributed by atoms with E-state index in [2.05, 4.69) is 4.98 Å². The van der Waals surface area contributed by atoms with Crippen molar-refractivity contribution in [2.75, 3.05) is 19.6 Å². The van der Waals surface area contributed by atoms with Crippen LogP contribution in [-0.4, -0.2) is 80.2 Å². The summed E-state index contributed by atoms with van der Waals surface area (Å²) in [5.74, 6) is -0.891. The fraction of sp³-hybridized carbons (Fsp3) is 0.500. The van der Waals surface area contributed by atoms with Crippen LogP contribution in [-0.2, 0) is 27.5 Å². The van der Waals surface area contributed by atoms with Crippen molar-refractivity contribution in [1.29, 1.82) is 0 Å². The third-order valence-corrected chi connectivity index (χ3v) is 10.3. The summed E-state index contributed by atoms with van der Waals surface area (Å²) in [6, 6.07) is 12.8. The Hall–Kier alpha value is -4.86. The smallest absolute Gasteiger partial charge is 0.418 e. The summed E-state index contributed by atoms with van der Waals surface area (Å²) >= 11 is 0. The first-order chi connectivity index (χ1) is 26.5. The minimum atomic E-state index is -4.71. The number of alkyl halides is 6. The SMILES string of the molecule is CCCC1C(C(=O)N2CCC(O)(c3ccccc3OC3CCCC3)CC2)CCCN1C(=O)c1ncccc1C(F)(F)F.O=CO.Oc1ccc(C(F)(F)F)cc1. The summed E-state index contributed by atoms with van der Waals surface area (Å²) in [5.41, 5.74) is -2.82. The van der Waals surface area contributed by atoms with Gasteiger partial charge in [0.05, 0.1) is 28.7 Å². The minimum absolute atomic E-state index is 0.111. The highest BCUT2D eigenvalue weighted by molar-refractivity contribution is 5.95. The predicted molar refractivity (Wildman–Crippen MR) is 193 cm³/mol. The average Bonchev–Trinajstić information content (AvgIpc) is 3.68. The number of benzene rings is 2. The molecule has 3 N–H and O–H groups in total. The number of hydrogen-bond donors (Lipinski definition) is 3. The molecule has 2 unspecified atom stereocenters. The average molecular weight is 796 g/mol. The maximum Gasteiger partial charge on any atom is 0.418 e. The van der Waals surface area contributed by atoms with Crippen LogP contribution in [0.25, 0.3) is 0 Å². The van der Waals surface area contributed by atoms with Gasteiger partial charge in [-0.05, 0) is 100 Å². The standard InChI is InChI=1S/C32H40F3N3O4.C7H5F3O.CH2O2/c1-2-9-26-23(12-8-19-38(26)30(40)28-25(32(33,34)35)14-7-18-36-28)29(39)37-20-16-31(41,17-21-37)24-13-5-6-15-27(24)42-22-10-3-4-11-22;8-7(9,10)5-1-3-6(11)4-2-5;2-1-3/h5-7,13-15,18,22-23,26,41H,2-4,8-12,16-17,19-21H2,1H3;1-4,11H;1H,(H,2,3). The highest BCUT2D eigenvalue weighted by Crippen LogP contribution is 2.41. The molecule has 0 bridgehead atoms. The number of aliphatic hydroxyl groups is 1. The number of rotatable bonds is 7. The Bertz CT molecular complexity index is 1740. The zero-order valence-electron chi connectivity index (χ0n) is 30.9. The van der Waals surface area contributed by atoms with Crippen LogP contribution in [0, 0.1) is 5.92 Å². The maximum absolute atomic E-state index is 13.9. The Labute approximate surface area is 321 Å². The van der Waals surface area contributed by atoms with Gasteiger partial charge in [0.1, 0.15) is 17.2 Å². The van der Waals surface area contributed by atoms with Gasteiger partial charge in [-0.2, -0.15) is 26.3 Å². The van der Waals surface area contributed by atoms with E-state index in [-0.39, 0.29) is 30.8 Å². The van der Waals surface area contributed by atoms with Crippen LogP contribution in [0.3, 0.4) is 0 Å². The molecule has 2 amide bonds. The maximum atomic E-state index is 13.9. The van der Waals surface area contributed by atoms with E-state index in [1.54, 1.807) is 4.90 Å². The number of pyridine rings is 1. The number of halogens is 6. The first-order valence-electron chi connectivity index (χ1n) is 18.6. The van der Waals surface area contributed by atoms with Crippen molar-refractivity contribution in [2.45, 2.75) is 101 Å². The van der Waals surface area contributed by atoms with Crippen LogP contribution in [0.2, 0.25) is 0 Å². The molecule has 2 atom stereocenters. The van der Waals surface area contributed by atoms with E-state index in [4.69, 9.17) is 19.7 Å². The zero-order valence-corrected chi connectivity index (χ0v) is 30.9. The summed E-state index contributed by atoms with van der Waals surface area (Å²) in [6.07, 6.45) is -0.460. The number of nitrogens with zero attached hydrogens (tertiary/aromatic N) is 3. The second-order valence-electron chi connectivity index (χ2n) is 14.0. The van der Waals surface area contributed by atoms with Crippen molar-refractivity contribution in [3.63, 3.8) is 0 Å². The molecule has 1 aliphatic carbocycles. The number of carboxylic acid groups (broad SMARTS) is 1. The van der Waals surface area contributed by atoms with E-state index in [1.807, 2.05) is 31.2 Å². The second kappa shape index (κ2) is 19.3. The van der Waals surface area contributed by atoms with Crippen molar-refractivity contribution in [1.82, 2.24) is 14.8 Å². The number of phenolic OH excluding ortho intramolecular Hbond substituents is 1. The molecule has 16 heteroatoms. The molecule has 3 fully saturated rings. The van der Waals surface area contributed by atoms with Gasteiger partial charge in [-0.1, -0.05) is 31.5 Å². The van der Waals surface area contributed by atoms with Crippen LogP contribution in [0.15, 0.2) is 66.9 Å². The van der Waals surface area contributed by atoms with Crippen LogP contribution in [0.5, 0.6) is 11.5 Å². The third kappa shape index (κ3) is 11.1. The van der Waals surface area contributed by atoms with E-state index in [1.165, 1.54) is 17.2 Å². The lowest BCUT2D eigenvalue weighted by atomic mass is 9.81. The number of aromatic nitrogens is 1. The molecule has 2 aliphatic heterocycles. The number of likely N-dealkylation sites (tertiary alicyclic amines) is 2. The molecule has 1 aromatic heterocycles. The van der Waals surface area contributed by atoms with E-state index in [9.17, 15) is 41.0 Å². The van der Waals surface area contributed by atoms with Crippen molar-refractivity contribution < 1.29 is 60.8 Å². The van der Waals surface area contributed by atoms with Gasteiger partial charge in [0.25, 0.3) is 12.4 Å². The number of piperidine rings is 2. The summed E-state index contributed by atoms with van der Waals surface area (Å²) in [7, 11) is 0. The molecule has 1 saturated carbocycles. The van der Waals surface area contributed by atoms with Crippen LogP contribution in [0.1, 0.15) is 98.3 Å². The molecular formula is C40H47F6N3O7. The molecular weight excluding hydrogens is 748 g/mol. The molecule has 3 aromatic rings. The Morgan fingerprint density at radius 2 is 1.52 bits per heavy atom. The first-order valence-corrected chi connectivity index (χ1v) is 18.6. The highest BCUT2D eigenvalue weighted by atomic mass is 19.4. The molecule has 0 radical (unpaired) electrons. The molecule has 2 aromatic carbocycles. The topological polar surface area (TPSA) is 141 Å². The van der Waals surface area contributed by atoms with Crippen molar-refractivity contribution >= 4 is 18.3 Å². The number of para-hydroxylation sites is 1. The van der Waals surface area contributed by atoms with Crippen molar-refractivity contribution in [3.05, 3.63) is 89.2 Å². The number of hydrogen-bond acceptors (Lipinski definition) is 7. The van der Waals surface area contributed by atoms with E-state index in [0.29, 0.717) is 57.4 Å². The van der Waals surface area contributed by atoms with Crippen LogP contribution >= 0.6 is 0 Å². The molecule has 56 heavy (non-hydrogen) atoms. The number of carbonyl (C=O) groups excluding carboxylic acids is 2. The molecule has 0 spiro atoms. The number of aromatic hydroxyl groups is 1. The minimum Gasteiger partial charge on any atom is -0.508 e. The lowest BCUT2D eigenvalue weighted by molar-refractivity contribution is -0.144. The normalized spacial score (nSPS) is 19.9. The fourth-order valence-electron chi connectivity index (χ4n) is 7.58. The highest BCUT2D eigenvalue weighted by Gasteiger charge is 2.45. The van der Waals surface area contributed by atoms with E-state index < -0.39 is 52.6 Å².